The third-order valence-corrected chi connectivity index (χ3v) is 4.29. The Kier molecular flexibility index (Phi) is 5.76. The highest BCUT2D eigenvalue weighted by molar-refractivity contribution is 5.78. The van der Waals surface area contributed by atoms with Gasteiger partial charge in [-0.1, -0.05) is 36.8 Å². The van der Waals surface area contributed by atoms with E-state index in [4.69, 9.17) is 5.73 Å². The first-order valence-electron chi connectivity index (χ1n) is 7.92. The van der Waals surface area contributed by atoms with Crippen molar-refractivity contribution in [3.8, 4) is 0 Å². The van der Waals surface area contributed by atoms with Crippen LogP contribution < -0.4 is 11.1 Å². The Bertz CT molecular complexity index is 447. The average Bonchev–Trinajstić information content (AvgIpc) is 2.48. The molecule has 21 heavy (non-hydrogen) atoms. The number of benzene rings is 1. The van der Waals surface area contributed by atoms with Crippen LogP contribution in [-0.4, -0.2) is 36.0 Å². The van der Waals surface area contributed by atoms with Crippen LogP contribution >= 0.6 is 0 Å². The van der Waals surface area contributed by atoms with Crippen molar-refractivity contribution in [2.45, 2.75) is 51.2 Å². The van der Waals surface area contributed by atoms with Crippen molar-refractivity contribution in [1.82, 2.24) is 10.2 Å². The minimum absolute atomic E-state index is 0.0391. The molecule has 1 aliphatic heterocycles. The lowest BCUT2D eigenvalue weighted by Crippen LogP contribution is -2.52. The second-order valence-corrected chi connectivity index (χ2v) is 6.09. The highest BCUT2D eigenvalue weighted by Crippen LogP contribution is 2.19. The van der Waals surface area contributed by atoms with Crippen LogP contribution in [0.3, 0.4) is 0 Å². The van der Waals surface area contributed by atoms with Gasteiger partial charge < -0.3 is 11.1 Å². The molecule has 3 N–H and O–H groups in total. The highest BCUT2D eigenvalue weighted by Gasteiger charge is 2.27. The van der Waals surface area contributed by atoms with Crippen LogP contribution in [0.25, 0.3) is 0 Å². The Hall–Kier alpha value is -1.39. The van der Waals surface area contributed by atoms with Crippen LogP contribution in [0.5, 0.6) is 0 Å². The Morgan fingerprint density at radius 3 is 2.71 bits per heavy atom. The number of carbonyl (C=O) groups is 1. The number of rotatable bonds is 5. The molecule has 1 aromatic rings. The first kappa shape index (κ1) is 16.0. The zero-order chi connectivity index (χ0) is 15.2. The van der Waals surface area contributed by atoms with E-state index < -0.39 is 0 Å². The first-order chi connectivity index (χ1) is 10.1. The third kappa shape index (κ3) is 4.55. The fourth-order valence-electron chi connectivity index (χ4n) is 3.11. The van der Waals surface area contributed by atoms with Gasteiger partial charge in [-0.2, -0.15) is 0 Å². The zero-order valence-electron chi connectivity index (χ0n) is 13.1. The Morgan fingerprint density at radius 1 is 1.33 bits per heavy atom. The summed E-state index contributed by atoms with van der Waals surface area (Å²) in [4.78, 5) is 14.5. The lowest BCUT2D eigenvalue weighted by molar-refractivity contribution is -0.123. The monoisotopic (exact) mass is 289 g/mol. The first-order valence-corrected chi connectivity index (χ1v) is 7.92. The van der Waals surface area contributed by atoms with Gasteiger partial charge in [0.2, 0.25) is 5.91 Å². The summed E-state index contributed by atoms with van der Waals surface area (Å²) in [6, 6.07) is 10.5. The van der Waals surface area contributed by atoms with Crippen molar-refractivity contribution in [3.05, 3.63) is 35.9 Å². The number of likely N-dealkylation sites (tertiary alicyclic amines) is 1. The molecule has 1 aliphatic rings. The summed E-state index contributed by atoms with van der Waals surface area (Å²) in [6.45, 7) is 5.47. The molecule has 1 amide bonds. The van der Waals surface area contributed by atoms with E-state index in [1.165, 1.54) is 6.42 Å². The maximum absolute atomic E-state index is 12.3. The molecule has 3 atom stereocenters. The lowest BCUT2D eigenvalue weighted by atomic mass is 9.97. The number of nitrogens with two attached hydrogens (primary N) is 1. The van der Waals surface area contributed by atoms with Crippen LogP contribution in [-0.2, 0) is 4.79 Å². The summed E-state index contributed by atoms with van der Waals surface area (Å²) in [5.41, 5.74) is 7.18. The Labute approximate surface area is 127 Å². The van der Waals surface area contributed by atoms with Crippen molar-refractivity contribution in [2.75, 3.05) is 13.1 Å². The molecule has 1 heterocycles. The van der Waals surface area contributed by atoms with Crippen LogP contribution in [0.2, 0.25) is 0 Å². The molecule has 0 bridgehead atoms. The van der Waals surface area contributed by atoms with Gasteiger partial charge in [-0.05, 0) is 38.8 Å². The molecule has 4 nitrogen and oxygen atoms in total. The zero-order valence-corrected chi connectivity index (χ0v) is 13.1. The average molecular weight is 289 g/mol. The highest BCUT2D eigenvalue weighted by atomic mass is 16.2. The number of nitrogens with one attached hydrogen (secondary N) is 1. The largest absolute Gasteiger partial charge is 0.348 e. The van der Waals surface area contributed by atoms with Gasteiger partial charge in [-0.25, -0.2) is 0 Å². The molecule has 116 valence electrons. The fourth-order valence-corrected chi connectivity index (χ4v) is 3.11. The number of nitrogens with zero attached hydrogens (tertiary/aromatic N) is 1. The minimum Gasteiger partial charge on any atom is -0.348 e. The standard InChI is InChI=1S/C17H27N3O/c1-13(18)16-10-6-7-11-20(16)12-17(21)19-14(2)15-8-4-3-5-9-15/h3-5,8-9,13-14,16H,6-7,10-12,18H2,1-2H3,(H,19,21). The molecule has 0 spiro atoms. The van der Waals surface area contributed by atoms with E-state index >= 15 is 0 Å². The van der Waals surface area contributed by atoms with Gasteiger partial charge in [0, 0.05) is 12.1 Å². The van der Waals surface area contributed by atoms with Crippen molar-refractivity contribution in [2.24, 2.45) is 5.73 Å². The quantitative estimate of drug-likeness (QED) is 0.872. The van der Waals surface area contributed by atoms with Crippen molar-refractivity contribution >= 4 is 5.91 Å². The molecule has 3 unspecified atom stereocenters. The van der Waals surface area contributed by atoms with Gasteiger partial charge >= 0.3 is 0 Å². The molecule has 1 saturated heterocycles. The number of piperidine rings is 1. The Morgan fingerprint density at radius 2 is 2.05 bits per heavy atom. The van der Waals surface area contributed by atoms with Gasteiger partial charge in [-0.3, -0.25) is 9.69 Å². The number of hydrogen-bond donors (Lipinski definition) is 2. The van der Waals surface area contributed by atoms with E-state index in [2.05, 4.69) is 10.2 Å². The second kappa shape index (κ2) is 7.57. The molecule has 0 aliphatic carbocycles. The number of amides is 1. The summed E-state index contributed by atoms with van der Waals surface area (Å²) in [5, 5.41) is 3.08. The molecule has 4 heteroatoms. The topological polar surface area (TPSA) is 58.4 Å². The molecular weight excluding hydrogens is 262 g/mol. The van der Waals surface area contributed by atoms with Crippen LogP contribution in [0.4, 0.5) is 0 Å². The molecule has 1 fully saturated rings. The van der Waals surface area contributed by atoms with Crippen molar-refractivity contribution < 1.29 is 4.79 Å². The summed E-state index contributed by atoms with van der Waals surface area (Å²) in [5.74, 6) is 0.0823. The lowest BCUT2D eigenvalue weighted by Gasteiger charge is -2.37. The molecule has 1 aromatic carbocycles. The van der Waals surface area contributed by atoms with E-state index in [9.17, 15) is 4.79 Å². The van der Waals surface area contributed by atoms with Gasteiger partial charge in [0.25, 0.3) is 0 Å². The summed E-state index contributed by atoms with van der Waals surface area (Å²) < 4.78 is 0. The summed E-state index contributed by atoms with van der Waals surface area (Å²) in [6.07, 6.45) is 3.47. The normalized spacial score (nSPS) is 22.5. The Balaban J connectivity index is 1.88. The van der Waals surface area contributed by atoms with Gasteiger partial charge in [0.1, 0.15) is 0 Å². The van der Waals surface area contributed by atoms with Crippen LogP contribution in [0.15, 0.2) is 30.3 Å². The maximum Gasteiger partial charge on any atom is 0.234 e. The maximum atomic E-state index is 12.3. The molecule has 0 radical (unpaired) electrons. The molecule has 0 aromatic heterocycles. The molecular formula is C17H27N3O. The number of carbonyl (C=O) groups excluding carboxylic acids is 1. The smallest absolute Gasteiger partial charge is 0.234 e. The molecule has 0 saturated carbocycles. The van der Waals surface area contributed by atoms with E-state index in [0.717, 1.165) is 24.9 Å². The van der Waals surface area contributed by atoms with Gasteiger partial charge in [0.05, 0.1) is 12.6 Å². The van der Waals surface area contributed by atoms with Crippen LogP contribution in [0.1, 0.15) is 44.7 Å². The van der Waals surface area contributed by atoms with Gasteiger partial charge in [-0.15, -0.1) is 0 Å². The van der Waals surface area contributed by atoms with E-state index in [0.29, 0.717) is 12.6 Å². The molecule has 2 rings (SSSR count). The van der Waals surface area contributed by atoms with Gasteiger partial charge in [0.15, 0.2) is 0 Å². The SMILES string of the molecule is CC(NC(=O)CN1CCCCC1C(C)N)c1ccccc1. The van der Waals surface area contributed by atoms with Crippen molar-refractivity contribution in [1.29, 1.82) is 0 Å². The van der Waals surface area contributed by atoms with E-state index in [1.807, 2.05) is 44.2 Å². The summed E-state index contributed by atoms with van der Waals surface area (Å²) in [7, 11) is 0. The second-order valence-electron chi connectivity index (χ2n) is 6.09. The number of hydrogen-bond acceptors (Lipinski definition) is 3. The predicted octanol–water partition coefficient (Wildman–Crippen LogP) is 2.07. The fraction of sp³-hybridized carbons (Fsp3) is 0.588. The minimum atomic E-state index is 0.0391. The van der Waals surface area contributed by atoms with Crippen molar-refractivity contribution in [3.63, 3.8) is 0 Å². The third-order valence-electron chi connectivity index (χ3n) is 4.29. The van der Waals surface area contributed by atoms with E-state index in [1.54, 1.807) is 0 Å². The van der Waals surface area contributed by atoms with Crippen LogP contribution in [0, 0.1) is 0 Å². The van der Waals surface area contributed by atoms with E-state index in [-0.39, 0.29) is 18.0 Å². The summed E-state index contributed by atoms with van der Waals surface area (Å²) >= 11 is 0. The predicted molar refractivity (Wildman–Crippen MR) is 85.9 cm³/mol.